The molecule has 0 saturated carbocycles. The molecule has 0 amide bonds. The Morgan fingerprint density at radius 1 is 1.44 bits per heavy atom. The van der Waals surface area contributed by atoms with E-state index < -0.39 is 0 Å². The van der Waals surface area contributed by atoms with Crippen molar-refractivity contribution < 1.29 is 9.47 Å². The van der Waals surface area contributed by atoms with E-state index in [1.165, 1.54) is 0 Å². The molecule has 1 aromatic heterocycles. The zero-order valence-corrected chi connectivity index (χ0v) is 10.8. The van der Waals surface area contributed by atoms with Crippen LogP contribution in [0.25, 0.3) is 0 Å². The first kappa shape index (κ1) is 13.0. The van der Waals surface area contributed by atoms with Crippen LogP contribution in [0.2, 0.25) is 0 Å². The Morgan fingerprint density at radius 2 is 2.17 bits per heavy atom. The number of hydrogen-bond donors (Lipinski definition) is 0. The summed E-state index contributed by atoms with van der Waals surface area (Å²) in [6.07, 6.45) is 4.13. The number of ether oxygens (including phenoxy) is 2. The molecule has 0 aliphatic carbocycles. The molecule has 1 aromatic rings. The summed E-state index contributed by atoms with van der Waals surface area (Å²) in [5, 5.41) is 8.95. The van der Waals surface area contributed by atoms with Gasteiger partial charge in [-0.15, -0.1) is 0 Å². The van der Waals surface area contributed by atoms with Gasteiger partial charge in [-0.2, -0.15) is 5.26 Å². The molecule has 1 saturated heterocycles. The summed E-state index contributed by atoms with van der Waals surface area (Å²) in [5.41, 5.74) is 1.30. The van der Waals surface area contributed by atoms with Crippen molar-refractivity contribution in [1.82, 2.24) is 4.98 Å². The van der Waals surface area contributed by atoms with E-state index in [-0.39, 0.29) is 18.3 Å². The van der Waals surface area contributed by atoms with Gasteiger partial charge in [-0.05, 0) is 32.8 Å². The van der Waals surface area contributed by atoms with E-state index in [1.54, 1.807) is 6.20 Å². The molecule has 18 heavy (non-hydrogen) atoms. The van der Waals surface area contributed by atoms with Crippen LogP contribution in [-0.4, -0.2) is 23.3 Å². The lowest BCUT2D eigenvalue weighted by Gasteiger charge is -2.32. The zero-order chi connectivity index (χ0) is 13.0. The summed E-state index contributed by atoms with van der Waals surface area (Å²) in [4.78, 5) is 4.03. The zero-order valence-electron chi connectivity index (χ0n) is 10.8. The molecular weight excluding hydrogens is 228 g/mol. The third-order valence-corrected chi connectivity index (χ3v) is 3.13. The summed E-state index contributed by atoms with van der Waals surface area (Å²) >= 11 is 0. The minimum Gasteiger partial charge on any atom is -0.375 e. The van der Waals surface area contributed by atoms with E-state index in [4.69, 9.17) is 14.7 Å². The summed E-state index contributed by atoms with van der Waals surface area (Å²) in [6, 6.07) is 5.80. The predicted octanol–water partition coefficient (Wildman–Crippen LogP) is 2.43. The highest BCUT2D eigenvalue weighted by Crippen LogP contribution is 2.22. The average Bonchev–Trinajstić information content (AvgIpc) is 2.35. The van der Waals surface area contributed by atoms with Crippen LogP contribution < -0.4 is 0 Å². The minimum absolute atomic E-state index is 0.204. The van der Waals surface area contributed by atoms with Gasteiger partial charge in [-0.25, -0.2) is 4.98 Å². The topological polar surface area (TPSA) is 55.1 Å². The fraction of sp³-hybridized carbons (Fsp3) is 0.571. The standard InChI is InChI=1S/C14H18N2O2/c1-10-6-13(7-11(2)18-10)17-9-12-4-3-5-16-14(12)8-15/h3-5,10-11,13H,6-7,9H2,1-2H3. The summed E-state index contributed by atoms with van der Waals surface area (Å²) in [7, 11) is 0. The second kappa shape index (κ2) is 5.94. The number of nitriles is 1. The van der Waals surface area contributed by atoms with Crippen molar-refractivity contribution in [3.63, 3.8) is 0 Å². The highest BCUT2D eigenvalue weighted by atomic mass is 16.5. The van der Waals surface area contributed by atoms with Gasteiger partial charge in [-0.1, -0.05) is 6.07 Å². The van der Waals surface area contributed by atoms with Crippen molar-refractivity contribution >= 4 is 0 Å². The second-order valence-corrected chi connectivity index (χ2v) is 4.78. The predicted molar refractivity (Wildman–Crippen MR) is 66.8 cm³/mol. The van der Waals surface area contributed by atoms with E-state index in [0.29, 0.717) is 12.3 Å². The molecule has 1 fully saturated rings. The molecule has 4 heteroatoms. The fourth-order valence-corrected chi connectivity index (χ4v) is 2.34. The largest absolute Gasteiger partial charge is 0.375 e. The van der Waals surface area contributed by atoms with E-state index in [1.807, 2.05) is 12.1 Å². The van der Waals surface area contributed by atoms with Crippen molar-refractivity contribution in [3.05, 3.63) is 29.6 Å². The van der Waals surface area contributed by atoms with Gasteiger partial charge in [0, 0.05) is 11.8 Å². The van der Waals surface area contributed by atoms with Crippen LogP contribution in [-0.2, 0) is 16.1 Å². The third-order valence-electron chi connectivity index (χ3n) is 3.13. The molecule has 1 aliphatic heterocycles. The lowest BCUT2D eigenvalue weighted by atomic mass is 10.0. The van der Waals surface area contributed by atoms with Crippen molar-refractivity contribution in [2.45, 2.75) is 51.6 Å². The molecule has 2 atom stereocenters. The van der Waals surface area contributed by atoms with Crippen molar-refractivity contribution in [2.24, 2.45) is 0 Å². The Bertz CT molecular complexity index is 432. The first-order valence-corrected chi connectivity index (χ1v) is 6.30. The fourth-order valence-electron chi connectivity index (χ4n) is 2.34. The number of rotatable bonds is 3. The van der Waals surface area contributed by atoms with Crippen LogP contribution >= 0.6 is 0 Å². The molecule has 1 aliphatic rings. The van der Waals surface area contributed by atoms with Gasteiger partial charge in [0.2, 0.25) is 0 Å². The molecular formula is C14H18N2O2. The molecule has 0 aromatic carbocycles. The SMILES string of the molecule is CC1CC(OCc2cccnc2C#N)CC(C)O1. The number of nitrogens with zero attached hydrogens (tertiary/aromatic N) is 2. The monoisotopic (exact) mass is 246 g/mol. The molecule has 96 valence electrons. The first-order chi connectivity index (χ1) is 8.69. The Hall–Kier alpha value is -1.44. The highest BCUT2D eigenvalue weighted by Gasteiger charge is 2.25. The van der Waals surface area contributed by atoms with Crippen LogP contribution in [0.15, 0.2) is 18.3 Å². The third kappa shape index (κ3) is 3.28. The number of pyridine rings is 1. The minimum atomic E-state index is 0.204. The summed E-state index contributed by atoms with van der Waals surface area (Å²) in [6.45, 7) is 4.58. The molecule has 0 bridgehead atoms. The van der Waals surface area contributed by atoms with Gasteiger partial charge in [0.1, 0.15) is 11.8 Å². The quantitative estimate of drug-likeness (QED) is 0.822. The Labute approximate surface area is 108 Å². The van der Waals surface area contributed by atoms with E-state index >= 15 is 0 Å². The summed E-state index contributed by atoms with van der Waals surface area (Å²) < 4.78 is 11.5. The molecule has 2 rings (SSSR count). The van der Waals surface area contributed by atoms with E-state index in [9.17, 15) is 0 Å². The molecule has 0 N–H and O–H groups in total. The summed E-state index contributed by atoms with van der Waals surface area (Å²) in [5.74, 6) is 0. The average molecular weight is 246 g/mol. The van der Waals surface area contributed by atoms with Gasteiger partial charge in [0.25, 0.3) is 0 Å². The first-order valence-electron chi connectivity index (χ1n) is 6.30. The van der Waals surface area contributed by atoms with E-state index in [2.05, 4.69) is 24.9 Å². The van der Waals surface area contributed by atoms with Gasteiger partial charge in [0.05, 0.1) is 24.9 Å². The highest BCUT2D eigenvalue weighted by molar-refractivity contribution is 5.29. The van der Waals surface area contributed by atoms with Crippen molar-refractivity contribution in [1.29, 1.82) is 5.26 Å². The van der Waals surface area contributed by atoms with Gasteiger partial charge in [-0.3, -0.25) is 0 Å². The smallest absolute Gasteiger partial charge is 0.145 e. The van der Waals surface area contributed by atoms with Crippen molar-refractivity contribution in [3.8, 4) is 6.07 Å². The lowest BCUT2D eigenvalue weighted by molar-refractivity contribution is -0.106. The second-order valence-electron chi connectivity index (χ2n) is 4.78. The maximum Gasteiger partial charge on any atom is 0.145 e. The van der Waals surface area contributed by atoms with Gasteiger partial charge < -0.3 is 9.47 Å². The molecule has 2 unspecified atom stereocenters. The van der Waals surface area contributed by atoms with Gasteiger partial charge in [0.15, 0.2) is 0 Å². The number of hydrogen-bond acceptors (Lipinski definition) is 4. The van der Waals surface area contributed by atoms with Gasteiger partial charge >= 0.3 is 0 Å². The van der Waals surface area contributed by atoms with E-state index in [0.717, 1.165) is 18.4 Å². The van der Waals surface area contributed by atoms with Crippen LogP contribution in [0, 0.1) is 11.3 Å². The maximum absolute atomic E-state index is 8.95. The van der Waals surface area contributed by atoms with Crippen LogP contribution in [0.4, 0.5) is 0 Å². The normalized spacial score (nSPS) is 27.7. The van der Waals surface area contributed by atoms with Crippen LogP contribution in [0.1, 0.15) is 37.9 Å². The molecule has 0 spiro atoms. The molecule has 2 heterocycles. The Morgan fingerprint density at radius 3 is 2.83 bits per heavy atom. The molecule has 4 nitrogen and oxygen atoms in total. The Balaban J connectivity index is 1.93. The Kier molecular flexibility index (Phi) is 4.29. The maximum atomic E-state index is 8.95. The van der Waals surface area contributed by atoms with Crippen LogP contribution in [0.5, 0.6) is 0 Å². The molecule has 0 radical (unpaired) electrons. The number of aromatic nitrogens is 1. The van der Waals surface area contributed by atoms with Crippen LogP contribution in [0.3, 0.4) is 0 Å². The van der Waals surface area contributed by atoms with Crippen molar-refractivity contribution in [2.75, 3.05) is 0 Å². The lowest BCUT2D eigenvalue weighted by Crippen LogP contribution is -2.34.